The van der Waals surface area contributed by atoms with Crippen LogP contribution in [0.15, 0.2) is 18.2 Å². The van der Waals surface area contributed by atoms with E-state index in [1.165, 1.54) is 0 Å². The minimum atomic E-state index is 0.0727. The topological polar surface area (TPSA) is 32.8 Å². The van der Waals surface area contributed by atoms with Crippen LogP contribution < -0.4 is 4.90 Å². The molecule has 2 heterocycles. The summed E-state index contributed by atoms with van der Waals surface area (Å²) in [5.74, 6) is 0.265. The Morgan fingerprint density at radius 1 is 1.13 bits per heavy atom. The fourth-order valence-corrected chi connectivity index (χ4v) is 3.75. The zero-order valence-electron chi connectivity index (χ0n) is 13.3. The van der Waals surface area contributed by atoms with Gasteiger partial charge in [-0.3, -0.25) is 4.79 Å². The van der Waals surface area contributed by atoms with E-state index < -0.39 is 0 Å². The third-order valence-corrected chi connectivity index (χ3v) is 5.62. The van der Waals surface area contributed by atoms with Crippen molar-refractivity contribution in [2.24, 2.45) is 5.92 Å². The maximum atomic E-state index is 12.7. The Kier molecular flexibility index (Phi) is 5.47. The van der Waals surface area contributed by atoms with Gasteiger partial charge >= 0.3 is 0 Å². The summed E-state index contributed by atoms with van der Waals surface area (Å²) in [5, 5.41) is 1.00. The first-order valence-electron chi connectivity index (χ1n) is 8.10. The molecule has 2 aliphatic heterocycles. The van der Waals surface area contributed by atoms with Gasteiger partial charge in [0.1, 0.15) is 0 Å². The Morgan fingerprint density at radius 3 is 2.52 bits per heavy atom. The number of likely N-dealkylation sites (tertiary alicyclic amines) is 1. The second kappa shape index (κ2) is 7.39. The molecule has 1 atom stereocenters. The van der Waals surface area contributed by atoms with Crippen molar-refractivity contribution in [3.63, 3.8) is 0 Å². The standard InChI is InChI=1S/C17H22Cl2N2O2/c1-23-14-5-7-20(8-6-14)11-12-4-9-21(17(12)22)13-2-3-15(18)16(19)10-13/h2-3,10,12,14H,4-9,11H2,1H3. The molecule has 126 valence electrons. The van der Waals surface area contributed by atoms with E-state index in [-0.39, 0.29) is 11.8 Å². The van der Waals surface area contributed by atoms with Gasteiger partial charge in [0.05, 0.1) is 22.1 Å². The van der Waals surface area contributed by atoms with Crippen molar-refractivity contribution < 1.29 is 9.53 Å². The molecule has 2 fully saturated rings. The molecule has 0 saturated carbocycles. The number of methoxy groups -OCH3 is 1. The molecule has 0 N–H and O–H groups in total. The minimum Gasteiger partial charge on any atom is -0.381 e. The number of rotatable bonds is 4. The number of hydrogen-bond donors (Lipinski definition) is 0. The zero-order valence-corrected chi connectivity index (χ0v) is 14.8. The number of carbonyl (C=O) groups excluding carboxylic acids is 1. The molecule has 23 heavy (non-hydrogen) atoms. The highest BCUT2D eigenvalue weighted by molar-refractivity contribution is 6.42. The molecule has 0 radical (unpaired) electrons. The van der Waals surface area contributed by atoms with Gasteiger partial charge in [-0.05, 0) is 37.5 Å². The van der Waals surface area contributed by atoms with Gasteiger partial charge < -0.3 is 14.5 Å². The van der Waals surface area contributed by atoms with Crippen molar-refractivity contribution in [1.82, 2.24) is 4.90 Å². The molecule has 3 rings (SSSR count). The summed E-state index contributed by atoms with van der Waals surface area (Å²) in [6.45, 7) is 3.60. The van der Waals surface area contributed by atoms with E-state index in [2.05, 4.69) is 4.90 Å². The van der Waals surface area contributed by atoms with Crippen molar-refractivity contribution in [1.29, 1.82) is 0 Å². The van der Waals surface area contributed by atoms with Crippen molar-refractivity contribution in [3.8, 4) is 0 Å². The van der Waals surface area contributed by atoms with Crippen LogP contribution in [0.3, 0.4) is 0 Å². The summed E-state index contributed by atoms with van der Waals surface area (Å²) < 4.78 is 5.40. The number of hydrogen-bond acceptors (Lipinski definition) is 3. The number of halogens is 2. The molecule has 1 amide bonds. The van der Waals surface area contributed by atoms with Gasteiger partial charge in [-0.15, -0.1) is 0 Å². The predicted molar refractivity (Wildman–Crippen MR) is 93.4 cm³/mol. The van der Waals surface area contributed by atoms with E-state index in [1.54, 1.807) is 19.2 Å². The van der Waals surface area contributed by atoms with Gasteiger partial charge in [0.2, 0.25) is 5.91 Å². The number of piperidine rings is 1. The molecular weight excluding hydrogens is 335 g/mol. The minimum absolute atomic E-state index is 0.0727. The van der Waals surface area contributed by atoms with Gasteiger partial charge in [0.15, 0.2) is 0 Å². The van der Waals surface area contributed by atoms with E-state index in [4.69, 9.17) is 27.9 Å². The highest BCUT2D eigenvalue weighted by atomic mass is 35.5. The van der Waals surface area contributed by atoms with Crippen molar-refractivity contribution in [3.05, 3.63) is 28.2 Å². The Morgan fingerprint density at radius 2 is 1.87 bits per heavy atom. The quantitative estimate of drug-likeness (QED) is 0.827. The lowest BCUT2D eigenvalue weighted by molar-refractivity contribution is -0.121. The molecule has 1 unspecified atom stereocenters. The van der Waals surface area contributed by atoms with Crippen LogP contribution in [0.5, 0.6) is 0 Å². The molecule has 1 aromatic carbocycles. The molecule has 0 bridgehead atoms. The number of benzene rings is 1. The second-order valence-corrected chi connectivity index (χ2v) is 7.12. The van der Waals surface area contributed by atoms with Gasteiger partial charge in [-0.2, -0.15) is 0 Å². The lowest BCUT2D eigenvalue weighted by Gasteiger charge is -2.32. The molecule has 0 spiro atoms. The third-order valence-electron chi connectivity index (χ3n) is 4.88. The number of ether oxygens (including phenoxy) is 1. The summed E-state index contributed by atoms with van der Waals surface area (Å²) in [4.78, 5) is 16.9. The van der Waals surface area contributed by atoms with Gasteiger partial charge in [-0.25, -0.2) is 0 Å². The average molecular weight is 357 g/mol. The lowest BCUT2D eigenvalue weighted by Crippen LogP contribution is -2.41. The average Bonchev–Trinajstić information content (AvgIpc) is 2.92. The van der Waals surface area contributed by atoms with Crippen LogP contribution in [-0.2, 0) is 9.53 Å². The molecule has 6 heteroatoms. The predicted octanol–water partition coefficient (Wildman–Crippen LogP) is 3.46. The summed E-state index contributed by atoms with van der Waals surface area (Å²) in [7, 11) is 1.77. The van der Waals surface area contributed by atoms with E-state index in [1.807, 2.05) is 11.0 Å². The summed E-state index contributed by atoms with van der Waals surface area (Å²) in [6.07, 6.45) is 3.36. The van der Waals surface area contributed by atoms with Crippen molar-refractivity contribution in [2.45, 2.75) is 25.4 Å². The molecule has 1 aromatic rings. The number of amides is 1. The number of anilines is 1. The van der Waals surface area contributed by atoms with E-state index >= 15 is 0 Å². The van der Waals surface area contributed by atoms with Crippen LogP contribution in [0.1, 0.15) is 19.3 Å². The van der Waals surface area contributed by atoms with Crippen LogP contribution in [0, 0.1) is 5.92 Å². The molecule has 0 aliphatic carbocycles. The van der Waals surface area contributed by atoms with E-state index in [0.29, 0.717) is 16.1 Å². The Balaban J connectivity index is 1.59. The summed E-state index contributed by atoms with van der Waals surface area (Å²) in [5.41, 5.74) is 0.838. The Labute approximate surface area is 147 Å². The second-order valence-electron chi connectivity index (χ2n) is 6.31. The monoisotopic (exact) mass is 356 g/mol. The Bertz CT molecular complexity index is 574. The lowest BCUT2D eigenvalue weighted by atomic mass is 10.0. The van der Waals surface area contributed by atoms with Gasteiger partial charge in [0, 0.05) is 39.0 Å². The number of carbonyl (C=O) groups is 1. The molecular formula is C17H22Cl2N2O2. The van der Waals surface area contributed by atoms with Crippen molar-refractivity contribution in [2.75, 3.05) is 38.2 Å². The van der Waals surface area contributed by atoms with E-state index in [0.717, 1.165) is 51.1 Å². The summed E-state index contributed by atoms with van der Waals surface area (Å²) >= 11 is 12.0. The fraction of sp³-hybridized carbons (Fsp3) is 0.588. The maximum absolute atomic E-state index is 12.7. The van der Waals surface area contributed by atoms with Crippen LogP contribution in [0.2, 0.25) is 10.0 Å². The van der Waals surface area contributed by atoms with Gasteiger partial charge in [0.25, 0.3) is 0 Å². The van der Waals surface area contributed by atoms with Crippen LogP contribution in [0.4, 0.5) is 5.69 Å². The maximum Gasteiger partial charge on any atom is 0.231 e. The zero-order chi connectivity index (χ0) is 16.4. The first-order valence-corrected chi connectivity index (χ1v) is 8.85. The molecule has 4 nitrogen and oxygen atoms in total. The van der Waals surface area contributed by atoms with Crippen molar-refractivity contribution >= 4 is 34.8 Å². The van der Waals surface area contributed by atoms with Crippen LogP contribution in [-0.4, -0.2) is 50.2 Å². The summed E-state index contributed by atoms with van der Waals surface area (Å²) in [6, 6.07) is 5.38. The van der Waals surface area contributed by atoms with Crippen LogP contribution in [0.25, 0.3) is 0 Å². The SMILES string of the molecule is COC1CCN(CC2CCN(c3ccc(Cl)c(Cl)c3)C2=O)CC1. The van der Waals surface area contributed by atoms with Crippen LogP contribution >= 0.6 is 23.2 Å². The highest BCUT2D eigenvalue weighted by Gasteiger charge is 2.34. The highest BCUT2D eigenvalue weighted by Crippen LogP contribution is 2.31. The Hall–Kier alpha value is -0.810. The molecule has 2 aliphatic rings. The first kappa shape index (κ1) is 17.0. The molecule has 0 aromatic heterocycles. The number of nitrogens with zero attached hydrogens (tertiary/aromatic N) is 2. The third kappa shape index (κ3) is 3.82. The smallest absolute Gasteiger partial charge is 0.231 e. The fourth-order valence-electron chi connectivity index (χ4n) is 3.46. The van der Waals surface area contributed by atoms with Gasteiger partial charge in [-0.1, -0.05) is 23.2 Å². The molecule has 2 saturated heterocycles. The van der Waals surface area contributed by atoms with E-state index in [9.17, 15) is 4.79 Å². The normalized spacial score (nSPS) is 23.7. The largest absolute Gasteiger partial charge is 0.381 e. The first-order chi connectivity index (χ1) is 11.1.